The van der Waals surface area contributed by atoms with Crippen LogP contribution in [-0.4, -0.2) is 37.2 Å². The molecule has 0 fully saturated rings. The Morgan fingerprint density at radius 1 is 0.808 bits per heavy atom. The highest BCUT2D eigenvalue weighted by Gasteiger charge is 2.17. The summed E-state index contributed by atoms with van der Waals surface area (Å²) in [5, 5.41) is 0. The van der Waals surface area contributed by atoms with E-state index in [9.17, 15) is 9.13 Å². The Labute approximate surface area is 152 Å². The van der Waals surface area contributed by atoms with Gasteiger partial charge in [-0.05, 0) is 24.3 Å². The smallest absolute Gasteiger partial charge is 0.303 e. The molecule has 0 saturated heterocycles. The van der Waals surface area contributed by atoms with Gasteiger partial charge in [-0.1, -0.05) is 23.7 Å². The second-order valence-electron chi connectivity index (χ2n) is 4.65. The molecular weight excluding hydrogens is 382 g/mol. The molecule has 1 aromatic rings. The third-order valence-corrected chi connectivity index (χ3v) is 4.72. The van der Waals surface area contributed by atoms with E-state index in [4.69, 9.17) is 9.79 Å². The fourth-order valence-electron chi connectivity index (χ4n) is 1.50. The molecule has 0 aliphatic heterocycles. The van der Waals surface area contributed by atoms with Crippen LogP contribution in [-0.2, 0) is 27.2 Å². The molecule has 2 unspecified atom stereocenters. The molecule has 2 atom stereocenters. The van der Waals surface area contributed by atoms with E-state index < -0.39 is 15.6 Å². The van der Waals surface area contributed by atoms with Crippen LogP contribution in [0.15, 0.2) is 24.3 Å². The first-order valence-electron chi connectivity index (χ1n) is 7.42. The monoisotopic (exact) mass is 402 g/mol. The third kappa shape index (κ3) is 9.89. The molecule has 0 radical (unpaired) electrons. The molecule has 8 nitrogen and oxygen atoms in total. The van der Waals surface area contributed by atoms with Crippen LogP contribution in [0.5, 0.6) is 0 Å². The van der Waals surface area contributed by atoms with Gasteiger partial charge < -0.3 is 9.79 Å². The summed E-state index contributed by atoms with van der Waals surface area (Å²) in [5.74, 6) is 11.4. The minimum atomic E-state index is -3.95. The van der Waals surface area contributed by atoms with Gasteiger partial charge in [0.2, 0.25) is 0 Å². The summed E-state index contributed by atoms with van der Waals surface area (Å²) < 4.78 is 39.9. The molecule has 10 heteroatoms. The lowest BCUT2D eigenvalue weighted by Crippen LogP contribution is -1.93. The van der Waals surface area contributed by atoms with Gasteiger partial charge in [-0.15, -0.1) is 0 Å². The van der Waals surface area contributed by atoms with Crippen molar-refractivity contribution in [2.75, 3.05) is 27.4 Å². The van der Waals surface area contributed by atoms with Crippen LogP contribution in [0.1, 0.15) is 24.0 Å². The van der Waals surface area contributed by atoms with Gasteiger partial charge in [0.1, 0.15) is 0 Å². The Kier molecular flexibility index (Phi) is 9.83. The molecule has 0 amide bonds. The first-order chi connectivity index (χ1) is 12.3. The summed E-state index contributed by atoms with van der Waals surface area (Å²) >= 11 is 0. The fourth-order valence-corrected chi connectivity index (χ4v) is 2.35. The number of benzene rings is 1. The predicted octanol–water partition coefficient (Wildman–Crippen LogP) is 2.70. The number of phosphoric ester groups is 2. The van der Waals surface area contributed by atoms with Gasteiger partial charge in [0, 0.05) is 38.2 Å². The van der Waals surface area contributed by atoms with Gasteiger partial charge in [-0.25, -0.2) is 9.13 Å². The molecular formula is C16H20O8P2. The van der Waals surface area contributed by atoms with Crippen molar-refractivity contribution in [2.45, 2.75) is 12.8 Å². The quantitative estimate of drug-likeness (QED) is 0.388. The highest BCUT2D eigenvalue weighted by molar-refractivity contribution is 7.47. The second-order valence-corrected chi connectivity index (χ2v) is 7.77. The maximum Gasteiger partial charge on any atom is 0.471 e. The Bertz CT molecular complexity index is 715. The maximum atomic E-state index is 11.1. The zero-order valence-electron chi connectivity index (χ0n) is 14.4. The molecule has 0 aliphatic carbocycles. The van der Waals surface area contributed by atoms with Crippen molar-refractivity contribution in [1.29, 1.82) is 0 Å². The summed E-state index contributed by atoms with van der Waals surface area (Å²) in [6.07, 6.45) is 0.567. The van der Waals surface area contributed by atoms with Crippen LogP contribution in [0, 0.1) is 23.7 Å². The molecule has 0 saturated carbocycles. The van der Waals surface area contributed by atoms with Crippen molar-refractivity contribution >= 4 is 15.6 Å². The van der Waals surface area contributed by atoms with Crippen molar-refractivity contribution in [1.82, 2.24) is 0 Å². The van der Waals surface area contributed by atoms with E-state index in [1.54, 1.807) is 24.3 Å². The largest absolute Gasteiger partial charge is 0.471 e. The van der Waals surface area contributed by atoms with Crippen molar-refractivity contribution in [2.24, 2.45) is 0 Å². The Balaban J connectivity index is 2.41. The van der Waals surface area contributed by atoms with Gasteiger partial charge in [0.15, 0.2) is 0 Å². The standard InChI is InChI=1S/C16H20O8P2/c1-21-25(17,18)23-13-5-3-7-15-9-11-16(12-10-15)8-4-6-14-24-26(19,20)22-2/h9-12H,5-6,13-14H2,1-2H3,(H,17,18)(H,19,20). The molecule has 0 bridgehead atoms. The minimum Gasteiger partial charge on any atom is -0.303 e. The highest BCUT2D eigenvalue weighted by atomic mass is 31.2. The normalized spacial score (nSPS) is 14.9. The van der Waals surface area contributed by atoms with Crippen molar-refractivity contribution in [3.05, 3.63) is 35.4 Å². The van der Waals surface area contributed by atoms with Crippen molar-refractivity contribution in [3.63, 3.8) is 0 Å². The molecule has 26 heavy (non-hydrogen) atoms. The SMILES string of the molecule is COP(=O)(O)OCCC#Cc1ccc(C#CCCOP(=O)(O)OC)cc1. The van der Waals surface area contributed by atoms with E-state index in [-0.39, 0.29) is 26.1 Å². The number of phosphoric acid groups is 2. The van der Waals surface area contributed by atoms with E-state index in [2.05, 4.69) is 41.8 Å². The molecule has 0 spiro atoms. The Morgan fingerprint density at radius 2 is 1.15 bits per heavy atom. The lowest BCUT2D eigenvalue weighted by Gasteiger charge is -2.06. The summed E-state index contributed by atoms with van der Waals surface area (Å²) in [6, 6.07) is 7.14. The Hall–Kier alpha value is -1.44. The number of hydrogen-bond donors (Lipinski definition) is 2. The predicted molar refractivity (Wildman–Crippen MR) is 95.0 cm³/mol. The topological polar surface area (TPSA) is 112 Å². The Morgan fingerprint density at radius 3 is 1.46 bits per heavy atom. The molecule has 0 aliphatic rings. The summed E-state index contributed by atoms with van der Waals surface area (Å²) in [5.41, 5.74) is 1.53. The van der Waals surface area contributed by atoms with E-state index >= 15 is 0 Å². The molecule has 0 heterocycles. The number of rotatable bonds is 8. The van der Waals surface area contributed by atoms with Crippen LogP contribution in [0.4, 0.5) is 0 Å². The van der Waals surface area contributed by atoms with Crippen LogP contribution in [0.25, 0.3) is 0 Å². The van der Waals surface area contributed by atoms with E-state index in [1.807, 2.05) is 0 Å². The average molecular weight is 402 g/mol. The van der Waals surface area contributed by atoms with Crippen LogP contribution < -0.4 is 0 Å². The number of hydrogen-bond acceptors (Lipinski definition) is 6. The van der Waals surface area contributed by atoms with Crippen LogP contribution in [0.2, 0.25) is 0 Å². The molecule has 0 aromatic heterocycles. The summed E-state index contributed by atoms with van der Waals surface area (Å²) in [7, 11) is -5.71. The molecule has 1 rings (SSSR count). The van der Waals surface area contributed by atoms with Gasteiger partial charge in [0.05, 0.1) is 13.2 Å². The fraction of sp³-hybridized carbons (Fsp3) is 0.375. The lowest BCUT2D eigenvalue weighted by molar-refractivity contribution is 0.175. The van der Waals surface area contributed by atoms with E-state index in [1.165, 1.54) is 0 Å². The maximum absolute atomic E-state index is 11.1. The van der Waals surface area contributed by atoms with Gasteiger partial charge in [0.25, 0.3) is 0 Å². The van der Waals surface area contributed by atoms with Gasteiger partial charge in [-0.3, -0.25) is 18.1 Å². The lowest BCUT2D eigenvalue weighted by atomic mass is 10.1. The first kappa shape index (κ1) is 22.6. The van der Waals surface area contributed by atoms with E-state index in [0.717, 1.165) is 25.3 Å². The van der Waals surface area contributed by atoms with Gasteiger partial charge in [-0.2, -0.15) is 0 Å². The molecule has 2 N–H and O–H groups in total. The third-order valence-electron chi connectivity index (χ3n) is 2.77. The zero-order valence-corrected chi connectivity index (χ0v) is 16.2. The summed E-state index contributed by atoms with van der Waals surface area (Å²) in [6.45, 7) is -0.0197. The minimum absolute atomic E-state index is 0.00983. The summed E-state index contributed by atoms with van der Waals surface area (Å²) in [4.78, 5) is 18.1. The van der Waals surface area contributed by atoms with Gasteiger partial charge >= 0.3 is 15.6 Å². The van der Waals surface area contributed by atoms with Crippen LogP contribution in [0.3, 0.4) is 0 Å². The van der Waals surface area contributed by atoms with Crippen LogP contribution >= 0.6 is 15.6 Å². The highest BCUT2D eigenvalue weighted by Crippen LogP contribution is 2.42. The zero-order chi connectivity index (χ0) is 19.5. The van der Waals surface area contributed by atoms with Crippen molar-refractivity contribution in [3.8, 4) is 23.7 Å². The molecule has 1 aromatic carbocycles. The molecule has 142 valence electrons. The average Bonchev–Trinajstić information content (AvgIpc) is 2.62. The second kappa shape index (κ2) is 11.3. The van der Waals surface area contributed by atoms with Crippen molar-refractivity contribution < 1.29 is 37.0 Å². The first-order valence-corrected chi connectivity index (χ1v) is 10.4. The van der Waals surface area contributed by atoms with E-state index in [0.29, 0.717) is 0 Å².